The van der Waals surface area contributed by atoms with Gasteiger partial charge in [-0.25, -0.2) is 0 Å². The van der Waals surface area contributed by atoms with Crippen LogP contribution in [0.4, 0.5) is 0 Å². The van der Waals surface area contributed by atoms with Gasteiger partial charge in [0, 0.05) is 13.8 Å². The number of carboxylic acid groups (broad SMARTS) is 2. The third kappa shape index (κ3) is 50.4. The number of carbonyl (C=O) groups is 2. The summed E-state index contributed by atoms with van der Waals surface area (Å²) in [7, 11) is 0. The van der Waals surface area contributed by atoms with Crippen LogP contribution in [-0.2, 0) is 27.6 Å². The second kappa shape index (κ2) is 15.4. The van der Waals surface area contributed by atoms with Crippen LogP contribution in [0.3, 0.4) is 0 Å². The molecule has 10 N–H and O–H groups in total. The Balaban J connectivity index is -0.000000205. The third-order valence-electron chi connectivity index (χ3n) is 0.692. The van der Waals surface area contributed by atoms with Crippen molar-refractivity contribution in [3.63, 3.8) is 0 Å². The van der Waals surface area contributed by atoms with Crippen molar-refractivity contribution in [2.24, 2.45) is 22.9 Å². The number of carboxylic acids is 2. The Morgan fingerprint density at radius 3 is 1.29 bits per heavy atom. The van der Waals surface area contributed by atoms with Crippen LogP contribution >= 0.6 is 0 Å². The second-order valence-electron chi connectivity index (χ2n) is 2.56. The number of hydrogen-bond donors (Lipinski definition) is 6. The van der Waals surface area contributed by atoms with Gasteiger partial charge in [0.1, 0.15) is 0 Å². The summed E-state index contributed by atoms with van der Waals surface area (Å²) >= 11 is 0.301. The topological polar surface area (TPSA) is 179 Å². The van der Waals surface area contributed by atoms with Crippen LogP contribution in [0.25, 0.3) is 0 Å². The summed E-state index contributed by atoms with van der Waals surface area (Å²) < 4.78 is 0.107. The summed E-state index contributed by atoms with van der Waals surface area (Å²) in [6, 6.07) is 0. The first kappa shape index (κ1) is 21.7. The zero-order valence-electron chi connectivity index (χ0n) is 9.91. The number of hydrogen-bond acceptors (Lipinski definition) is 6. The van der Waals surface area contributed by atoms with Crippen LogP contribution < -0.4 is 22.9 Å². The monoisotopic (exact) mass is 344 g/mol. The summed E-state index contributed by atoms with van der Waals surface area (Å²) in [6.07, 6.45) is 0. The summed E-state index contributed by atoms with van der Waals surface area (Å²) in [5.41, 5.74) is 21.6. The average Bonchev–Trinajstić information content (AvgIpc) is 2.15. The van der Waals surface area contributed by atoms with Crippen LogP contribution in [0.15, 0.2) is 0 Å². The van der Waals surface area contributed by atoms with Gasteiger partial charge in [-0.3, -0.25) is 9.59 Å². The van der Waals surface area contributed by atoms with Crippen LogP contribution in [0.5, 0.6) is 0 Å². The maximum atomic E-state index is 9.00. The van der Waals surface area contributed by atoms with E-state index in [1.54, 1.807) is 0 Å². The van der Waals surface area contributed by atoms with Crippen molar-refractivity contribution in [3.8, 4) is 0 Å². The molecule has 2 atom stereocenters. The fourth-order valence-electron chi connectivity index (χ4n) is 0.260. The van der Waals surface area contributed by atoms with E-state index in [1.807, 2.05) is 0 Å². The van der Waals surface area contributed by atoms with E-state index in [0.717, 1.165) is 13.8 Å². The molecule has 0 spiro atoms. The van der Waals surface area contributed by atoms with Crippen molar-refractivity contribution in [3.05, 3.63) is 0 Å². The van der Waals surface area contributed by atoms with Gasteiger partial charge < -0.3 is 10.2 Å². The molecule has 0 aromatic heterocycles. The number of rotatable bonds is 4. The van der Waals surface area contributed by atoms with E-state index >= 15 is 0 Å². The molecule has 0 saturated carbocycles. The Bertz CT molecular complexity index is 178. The zero-order valence-corrected chi connectivity index (χ0v) is 11.5. The first-order valence-electron chi connectivity index (χ1n) is 4.52. The molecule has 8 nitrogen and oxygen atoms in total. The van der Waals surface area contributed by atoms with Crippen molar-refractivity contribution in [1.29, 1.82) is 0 Å². The van der Waals surface area contributed by atoms with Gasteiger partial charge in [-0.05, 0) is 0 Å². The van der Waals surface area contributed by atoms with Gasteiger partial charge in [0.2, 0.25) is 0 Å². The van der Waals surface area contributed by atoms with Crippen LogP contribution in [0, 0.1) is 0 Å². The molecule has 0 aromatic rings. The van der Waals surface area contributed by atoms with Crippen molar-refractivity contribution in [1.82, 2.24) is 0 Å². The standard InChI is InChI=1S/2C2H7N2.2C2H4O2.Pd/c2*3-1-2-4;2*1-2(3)4;/h2*1H,2-4H2;2*1H3,(H,3,4);. The third-order valence-corrected chi connectivity index (χ3v) is 2.76. The van der Waals surface area contributed by atoms with Crippen molar-refractivity contribution in [2.75, 3.05) is 13.1 Å². The summed E-state index contributed by atoms with van der Waals surface area (Å²) in [4.78, 5) is 18.0. The SMILES string of the molecule is CC(=O)O.CC(=O)O.NC[CH](N)[Pd][CH](N)CN. The molecule has 0 rings (SSSR count). The number of aliphatic carboxylic acids is 2. The first-order chi connectivity index (χ1) is 7.67. The number of nitrogens with two attached hydrogens (primary N) is 4. The molecule has 108 valence electrons. The molecule has 0 amide bonds. The van der Waals surface area contributed by atoms with Crippen molar-refractivity contribution in [2.45, 2.75) is 22.9 Å². The summed E-state index contributed by atoms with van der Waals surface area (Å²) in [5, 5.41) is 14.8. The predicted octanol–water partition coefficient (Wildman–Crippen LogP) is -2.26. The molecule has 0 bridgehead atoms. The molecular formula is C8H22N4O4Pd. The van der Waals surface area contributed by atoms with Gasteiger partial charge in [-0.2, -0.15) is 0 Å². The first-order valence-corrected chi connectivity index (χ1v) is 6.32. The molecule has 0 fully saturated rings. The van der Waals surface area contributed by atoms with Gasteiger partial charge in [0.15, 0.2) is 0 Å². The molecular weight excluding hydrogens is 323 g/mol. The van der Waals surface area contributed by atoms with Crippen molar-refractivity contribution >= 4 is 11.9 Å². The van der Waals surface area contributed by atoms with Gasteiger partial charge in [-0.1, -0.05) is 0 Å². The van der Waals surface area contributed by atoms with Gasteiger partial charge >= 0.3 is 63.0 Å². The van der Waals surface area contributed by atoms with E-state index < -0.39 is 11.9 Å². The molecule has 0 saturated heterocycles. The molecule has 0 aliphatic carbocycles. The van der Waals surface area contributed by atoms with Gasteiger partial charge in [0.25, 0.3) is 11.9 Å². The normalized spacial score (nSPS) is 12.4. The Kier molecular flexibility index (Phi) is 19.7. The molecule has 2 unspecified atom stereocenters. The average molecular weight is 345 g/mol. The molecule has 17 heavy (non-hydrogen) atoms. The fourth-order valence-corrected chi connectivity index (χ4v) is 1.54. The van der Waals surface area contributed by atoms with E-state index in [-0.39, 0.29) is 9.03 Å². The summed E-state index contributed by atoms with van der Waals surface area (Å²) in [5.74, 6) is -1.67. The minimum atomic E-state index is -0.833. The Labute approximate surface area is 109 Å². The van der Waals surface area contributed by atoms with E-state index in [2.05, 4.69) is 0 Å². The second-order valence-corrected chi connectivity index (χ2v) is 5.38. The quantitative estimate of drug-likeness (QED) is 0.309. The Morgan fingerprint density at radius 2 is 1.18 bits per heavy atom. The van der Waals surface area contributed by atoms with Crippen molar-refractivity contribution < 1.29 is 37.8 Å². The predicted molar refractivity (Wildman–Crippen MR) is 60.7 cm³/mol. The maximum absolute atomic E-state index is 9.00. The minimum absolute atomic E-state index is 0.0533. The van der Waals surface area contributed by atoms with Gasteiger partial charge in [0.05, 0.1) is 0 Å². The van der Waals surface area contributed by atoms with E-state index in [0.29, 0.717) is 31.1 Å². The van der Waals surface area contributed by atoms with E-state index in [1.165, 1.54) is 0 Å². The molecule has 0 aromatic carbocycles. The molecule has 9 heteroatoms. The van der Waals surface area contributed by atoms with Gasteiger partial charge in [-0.15, -0.1) is 0 Å². The zero-order chi connectivity index (χ0) is 14.4. The molecule has 0 heterocycles. The van der Waals surface area contributed by atoms with Crippen LogP contribution in [0.1, 0.15) is 13.8 Å². The summed E-state index contributed by atoms with van der Waals surface area (Å²) in [6.45, 7) is 3.17. The Hall–Kier alpha value is -0.558. The van der Waals surface area contributed by atoms with E-state index in [9.17, 15) is 0 Å². The van der Waals surface area contributed by atoms with Crippen LogP contribution in [0.2, 0.25) is 0 Å². The fraction of sp³-hybridized carbons (Fsp3) is 0.750. The van der Waals surface area contributed by atoms with E-state index in [4.69, 9.17) is 42.7 Å². The Morgan fingerprint density at radius 1 is 1.00 bits per heavy atom. The molecule has 0 aliphatic heterocycles. The molecule has 0 radical (unpaired) electrons. The molecule has 0 aliphatic rings. The van der Waals surface area contributed by atoms with Crippen LogP contribution in [-0.4, -0.2) is 44.3 Å².